The molecule has 2 atom stereocenters. The van der Waals surface area contributed by atoms with Crippen molar-refractivity contribution in [3.63, 3.8) is 0 Å². The molecule has 1 heterocycles. The minimum Gasteiger partial charge on any atom is -0.463 e. The zero-order valence-corrected chi connectivity index (χ0v) is 21.9. The summed E-state index contributed by atoms with van der Waals surface area (Å²) in [6.07, 6.45) is -0.338. The van der Waals surface area contributed by atoms with Gasteiger partial charge >= 0.3 is 6.09 Å². The summed E-state index contributed by atoms with van der Waals surface area (Å²) in [5, 5.41) is 17.1. The maximum atomic E-state index is 12.1. The highest BCUT2D eigenvalue weighted by molar-refractivity contribution is 14.0. The summed E-state index contributed by atoms with van der Waals surface area (Å²) in [5.41, 5.74) is -1.71. The Labute approximate surface area is 197 Å². The first kappa shape index (κ1) is 28.5. The van der Waals surface area contributed by atoms with Crippen LogP contribution in [0.3, 0.4) is 0 Å². The van der Waals surface area contributed by atoms with Crippen LogP contribution in [0.1, 0.15) is 53.1 Å². The fraction of sp³-hybridized carbons (Fsp3) is 0.714. The van der Waals surface area contributed by atoms with Crippen LogP contribution in [-0.4, -0.2) is 60.9 Å². The number of ether oxygens (including phenoxy) is 1. The van der Waals surface area contributed by atoms with Crippen LogP contribution in [0.2, 0.25) is 0 Å². The second-order valence-corrected chi connectivity index (χ2v) is 8.73. The Bertz CT molecular complexity index is 683. The van der Waals surface area contributed by atoms with E-state index in [1.54, 1.807) is 24.9 Å². The third-order valence-electron chi connectivity index (χ3n) is 4.07. The fourth-order valence-electron chi connectivity index (χ4n) is 2.59. The number of amides is 1. The molecule has 0 aliphatic heterocycles. The van der Waals surface area contributed by atoms with Gasteiger partial charge in [0.25, 0.3) is 0 Å². The van der Waals surface area contributed by atoms with Crippen molar-refractivity contribution in [2.75, 3.05) is 33.2 Å². The lowest BCUT2D eigenvalue weighted by molar-refractivity contribution is 0.0277. The molecule has 0 aliphatic rings. The van der Waals surface area contributed by atoms with Crippen molar-refractivity contribution in [3.05, 3.63) is 23.7 Å². The Morgan fingerprint density at radius 3 is 2.43 bits per heavy atom. The quantitative estimate of drug-likeness (QED) is 0.267. The Hall–Kier alpha value is -1.49. The number of rotatable bonds is 8. The van der Waals surface area contributed by atoms with E-state index in [1.165, 1.54) is 0 Å². The molecule has 2 unspecified atom stereocenters. The van der Waals surface area contributed by atoms with Gasteiger partial charge in [0, 0.05) is 26.7 Å². The molecule has 1 amide bonds. The van der Waals surface area contributed by atoms with Crippen molar-refractivity contribution in [1.82, 2.24) is 15.5 Å². The van der Waals surface area contributed by atoms with Gasteiger partial charge < -0.3 is 29.8 Å². The Morgan fingerprint density at radius 2 is 1.93 bits per heavy atom. The SMILES string of the molecule is CCNC(=NCC(C)(O)c1ccc(C)o1)NCC(C)CN(C)C(=O)OC(C)(C)C.I. The van der Waals surface area contributed by atoms with E-state index in [0.717, 1.165) is 5.76 Å². The number of guanidine groups is 1. The number of nitrogens with one attached hydrogen (secondary N) is 2. The maximum absolute atomic E-state index is 12.1. The average molecular weight is 538 g/mol. The average Bonchev–Trinajstić information content (AvgIpc) is 3.03. The summed E-state index contributed by atoms with van der Waals surface area (Å²) in [7, 11) is 1.73. The molecule has 0 saturated carbocycles. The van der Waals surface area contributed by atoms with E-state index in [0.29, 0.717) is 31.4 Å². The fourth-order valence-corrected chi connectivity index (χ4v) is 2.59. The molecule has 9 heteroatoms. The minimum absolute atomic E-state index is 0. The Kier molecular flexibility index (Phi) is 11.8. The van der Waals surface area contributed by atoms with Crippen LogP contribution in [-0.2, 0) is 10.3 Å². The van der Waals surface area contributed by atoms with E-state index in [4.69, 9.17) is 9.15 Å². The number of hydrogen-bond donors (Lipinski definition) is 3. The van der Waals surface area contributed by atoms with Crippen molar-refractivity contribution in [3.8, 4) is 0 Å². The third kappa shape index (κ3) is 10.5. The smallest absolute Gasteiger partial charge is 0.410 e. The zero-order chi connectivity index (χ0) is 22.2. The first-order valence-corrected chi connectivity index (χ1v) is 10.1. The standard InChI is InChI=1S/C21H38N4O4.HI/c1-9-22-18(24-14-21(7,27)17-11-10-16(3)28-17)23-12-15(2)13-25(8)19(26)29-20(4,5)6;/h10-11,15,27H,9,12-14H2,1-8H3,(H2,22,23,24);1H. The van der Waals surface area contributed by atoms with Gasteiger partial charge in [-0.2, -0.15) is 0 Å². The third-order valence-corrected chi connectivity index (χ3v) is 4.07. The van der Waals surface area contributed by atoms with Crippen LogP contribution in [0.25, 0.3) is 0 Å². The van der Waals surface area contributed by atoms with E-state index in [9.17, 15) is 9.90 Å². The van der Waals surface area contributed by atoms with Crippen LogP contribution in [0.15, 0.2) is 21.5 Å². The number of nitrogens with zero attached hydrogens (tertiary/aromatic N) is 2. The zero-order valence-electron chi connectivity index (χ0n) is 19.5. The van der Waals surface area contributed by atoms with Crippen molar-refractivity contribution in [2.24, 2.45) is 10.9 Å². The lowest BCUT2D eigenvalue weighted by Gasteiger charge is -2.27. The van der Waals surface area contributed by atoms with Gasteiger partial charge in [-0.15, -0.1) is 24.0 Å². The van der Waals surface area contributed by atoms with Crippen LogP contribution >= 0.6 is 24.0 Å². The molecule has 1 rings (SSSR count). The molecule has 0 spiro atoms. The molecule has 0 fully saturated rings. The molecule has 3 N–H and O–H groups in total. The molecule has 174 valence electrons. The molecule has 1 aromatic rings. The lowest BCUT2D eigenvalue weighted by atomic mass is 10.0. The molecule has 0 aliphatic carbocycles. The Morgan fingerprint density at radius 1 is 1.30 bits per heavy atom. The molecule has 0 saturated heterocycles. The number of aliphatic hydroxyl groups is 1. The van der Waals surface area contributed by atoms with Crippen molar-refractivity contribution in [1.29, 1.82) is 0 Å². The summed E-state index contributed by atoms with van der Waals surface area (Å²) >= 11 is 0. The molecule has 30 heavy (non-hydrogen) atoms. The maximum Gasteiger partial charge on any atom is 0.410 e. The first-order valence-electron chi connectivity index (χ1n) is 10.1. The number of hydrogen-bond acceptors (Lipinski definition) is 5. The number of carbonyl (C=O) groups is 1. The summed E-state index contributed by atoms with van der Waals surface area (Å²) in [6.45, 7) is 15.1. The highest BCUT2D eigenvalue weighted by Gasteiger charge is 2.27. The number of carbonyl (C=O) groups excluding carboxylic acids is 1. The van der Waals surface area contributed by atoms with E-state index >= 15 is 0 Å². The second kappa shape index (κ2) is 12.4. The molecule has 0 aromatic carbocycles. The molecule has 8 nitrogen and oxygen atoms in total. The van der Waals surface area contributed by atoms with Crippen LogP contribution < -0.4 is 10.6 Å². The second-order valence-electron chi connectivity index (χ2n) is 8.73. The number of furan rings is 1. The number of halogens is 1. The lowest BCUT2D eigenvalue weighted by Crippen LogP contribution is -2.43. The van der Waals surface area contributed by atoms with Gasteiger partial charge in [-0.3, -0.25) is 0 Å². The van der Waals surface area contributed by atoms with E-state index in [-0.39, 0.29) is 42.5 Å². The van der Waals surface area contributed by atoms with Crippen molar-refractivity contribution in [2.45, 2.75) is 59.7 Å². The van der Waals surface area contributed by atoms with Gasteiger partial charge in [-0.05, 0) is 59.6 Å². The van der Waals surface area contributed by atoms with Gasteiger partial charge in [-0.1, -0.05) is 6.92 Å². The van der Waals surface area contributed by atoms with Crippen molar-refractivity contribution >= 4 is 36.0 Å². The van der Waals surface area contributed by atoms with Crippen LogP contribution in [0, 0.1) is 12.8 Å². The molecule has 1 aromatic heterocycles. The normalized spacial score (nSPS) is 14.9. The van der Waals surface area contributed by atoms with Gasteiger partial charge in [0.2, 0.25) is 0 Å². The number of aliphatic imine (C=N–C) groups is 1. The molecule has 0 radical (unpaired) electrons. The summed E-state index contributed by atoms with van der Waals surface area (Å²) in [5.74, 6) is 2.01. The van der Waals surface area contributed by atoms with E-state index in [1.807, 2.05) is 47.6 Å². The van der Waals surface area contributed by atoms with Gasteiger partial charge in [0.05, 0.1) is 6.54 Å². The predicted octanol–water partition coefficient (Wildman–Crippen LogP) is 3.47. The van der Waals surface area contributed by atoms with Gasteiger partial charge in [-0.25, -0.2) is 9.79 Å². The highest BCUT2D eigenvalue weighted by Crippen LogP contribution is 2.23. The molecule has 0 bridgehead atoms. The van der Waals surface area contributed by atoms with Gasteiger partial charge in [0.1, 0.15) is 22.7 Å². The summed E-state index contributed by atoms with van der Waals surface area (Å²) in [4.78, 5) is 18.2. The summed E-state index contributed by atoms with van der Waals surface area (Å²) in [6, 6.07) is 3.58. The first-order chi connectivity index (χ1) is 13.3. The van der Waals surface area contributed by atoms with E-state index in [2.05, 4.69) is 15.6 Å². The van der Waals surface area contributed by atoms with Crippen molar-refractivity contribution < 1.29 is 19.1 Å². The summed E-state index contributed by atoms with van der Waals surface area (Å²) < 4.78 is 10.9. The van der Waals surface area contributed by atoms with E-state index < -0.39 is 11.2 Å². The van der Waals surface area contributed by atoms with Crippen LogP contribution in [0.5, 0.6) is 0 Å². The molecular formula is C21H39IN4O4. The topological polar surface area (TPSA) is 99.3 Å². The minimum atomic E-state index is -1.20. The van der Waals surface area contributed by atoms with Gasteiger partial charge in [0.15, 0.2) is 5.96 Å². The highest BCUT2D eigenvalue weighted by atomic mass is 127. The number of aryl methyl sites for hydroxylation is 1. The predicted molar refractivity (Wildman–Crippen MR) is 130 cm³/mol. The largest absolute Gasteiger partial charge is 0.463 e. The monoisotopic (exact) mass is 538 g/mol. The van der Waals surface area contributed by atoms with Crippen LogP contribution in [0.4, 0.5) is 4.79 Å². The molecular weight excluding hydrogens is 499 g/mol. The Balaban J connectivity index is 0.00000841.